The van der Waals surface area contributed by atoms with Crippen molar-refractivity contribution in [3.63, 3.8) is 0 Å². The summed E-state index contributed by atoms with van der Waals surface area (Å²) in [6, 6.07) is 0. The topological polar surface area (TPSA) is 63.3 Å². The smallest absolute Gasteiger partial charge is 0.335 e. The second-order valence-corrected chi connectivity index (χ2v) is 2.04. The third-order valence-electron chi connectivity index (χ3n) is 0.993. The van der Waals surface area contributed by atoms with Gasteiger partial charge in [-0.2, -0.15) is 0 Å². The molecule has 0 aliphatic heterocycles. The highest BCUT2D eigenvalue weighted by Gasteiger charge is 1.98. The summed E-state index contributed by atoms with van der Waals surface area (Å²) >= 11 is 0. The van der Waals surface area contributed by atoms with Gasteiger partial charge < -0.3 is 10.8 Å². The highest BCUT2D eigenvalue weighted by Crippen LogP contribution is 1.96. The maximum atomic E-state index is 10.3. The highest BCUT2D eigenvalue weighted by molar-refractivity contribution is 5.89. The molecule has 0 bridgehead atoms. The van der Waals surface area contributed by atoms with Gasteiger partial charge in [0.15, 0.2) is 0 Å². The largest absolute Gasteiger partial charge is 0.478 e. The standard InChI is InChI=1S/C8H11NO2/c1-3-7(8(10)11)5-4-6(2)9/h3-5H,1,9H2,2H3,(H,10,11)/b6-4+,7-5+. The molecule has 0 aromatic heterocycles. The first kappa shape index (κ1) is 9.49. The van der Waals surface area contributed by atoms with Gasteiger partial charge in [-0.25, -0.2) is 4.79 Å². The van der Waals surface area contributed by atoms with Gasteiger partial charge in [0.1, 0.15) is 0 Å². The lowest BCUT2D eigenvalue weighted by atomic mass is 10.2. The lowest BCUT2D eigenvalue weighted by Crippen LogP contribution is -1.97. The van der Waals surface area contributed by atoms with E-state index < -0.39 is 5.97 Å². The average Bonchev–Trinajstić information content (AvgIpc) is 1.87. The van der Waals surface area contributed by atoms with Gasteiger partial charge in [0.25, 0.3) is 0 Å². The van der Waals surface area contributed by atoms with E-state index in [0.29, 0.717) is 5.70 Å². The van der Waals surface area contributed by atoms with E-state index in [2.05, 4.69) is 6.58 Å². The zero-order valence-corrected chi connectivity index (χ0v) is 6.37. The summed E-state index contributed by atoms with van der Waals surface area (Å²) in [5.74, 6) is -1.00. The van der Waals surface area contributed by atoms with Crippen molar-refractivity contribution in [2.24, 2.45) is 5.73 Å². The lowest BCUT2D eigenvalue weighted by molar-refractivity contribution is -0.132. The molecule has 0 atom stereocenters. The molecule has 3 N–H and O–H groups in total. The van der Waals surface area contributed by atoms with Crippen LogP contribution >= 0.6 is 0 Å². The predicted octanol–water partition coefficient (Wildman–Crippen LogP) is 1.05. The SMILES string of the molecule is C=C/C(=C\C=C(/C)N)C(=O)O. The quantitative estimate of drug-likeness (QED) is 0.470. The molecule has 0 aromatic rings. The minimum absolute atomic E-state index is 0.134. The molecule has 0 radical (unpaired) electrons. The number of hydrogen-bond acceptors (Lipinski definition) is 2. The molecule has 0 aromatic carbocycles. The van der Waals surface area contributed by atoms with Gasteiger partial charge in [-0.05, 0) is 19.1 Å². The number of carboxylic acid groups (broad SMARTS) is 1. The van der Waals surface area contributed by atoms with Crippen molar-refractivity contribution in [2.75, 3.05) is 0 Å². The summed E-state index contributed by atoms with van der Waals surface area (Å²) in [6.45, 7) is 5.02. The molecule has 0 saturated carbocycles. The van der Waals surface area contributed by atoms with Crippen LogP contribution in [0.15, 0.2) is 36.1 Å². The van der Waals surface area contributed by atoms with Crippen molar-refractivity contribution in [3.05, 3.63) is 36.1 Å². The van der Waals surface area contributed by atoms with Gasteiger partial charge in [-0.3, -0.25) is 0 Å². The van der Waals surface area contributed by atoms with Crippen LogP contribution in [0.5, 0.6) is 0 Å². The molecule has 0 fully saturated rings. The molecule has 0 saturated heterocycles. The Morgan fingerprint density at radius 2 is 2.09 bits per heavy atom. The molecular weight excluding hydrogens is 142 g/mol. The summed E-state index contributed by atoms with van der Waals surface area (Å²) in [4.78, 5) is 10.3. The monoisotopic (exact) mass is 153 g/mol. The van der Waals surface area contributed by atoms with Crippen molar-refractivity contribution in [3.8, 4) is 0 Å². The van der Waals surface area contributed by atoms with Crippen molar-refractivity contribution in [2.45, 2.75) is 6.92 Å². The maximum Gasteiger partial charge on any atom is 0.335 e. The number of aliphatic carboxylic acids is 1. The fraction of sp³-hybridized carbons (Fsp3) is 0.125. The van der Waals surface area contributed by atoms with Crippen LogP contribution in [0, 0.1) is 0 Å². The van der Waals surface area contributed by atoms with Crippen LogP contribution in [0.2, 0.25) is 0 Å². The fourth-order valence-electron chi connectivity index (χ4n) is 0.448. The van der Waals surface area contributed by atoms with E-state index in [1.54, 1.807) is 6.92 Å². The fourth-order valence-corrected chi connectivity index (χ4v) is 0.448. The number of hydrogen-bond donors (Lipinski definition) is 2. The Bertz CT molecular complexity index is 222. The first-order valence-electron chi connectivity index (χ1n) is 3.07. The zero-order valence-electron chi connectivity index (χ0n) is 6.37. The summed E-state index contributed by atoms with van der Waals surface area (Å²) in [5, 5.41) is 8.48. The van der Waals surface area contributed by atoms with Crippen molar-refractivity contribution < 1.29 is 9.90 Å². The number of carboxylic acids is 1. The molecule has 0 aliphatic rings. The Kier molecular flexibility index (Phi) is 3.73. The summed E-state index contributed by atoms with van der Waals surface area (Å²) < 4.78 is 0. The predicted molar refractivity (Wildman–Crippen MR) is 43.9 cm³/mol. The normalized spacial score (nSPS) is 12.8. The van der Waals surface area contributed by atoms with Gasteiger partial charge >= 0.3 is 5.97 Å². The number of carbonyl (C=O) groups is 1. The van der Waals surface area contributed by atoms with Crippen molar-refractivity contribution in [1.82, 2.24) is 0 Å². The van der Waals surface area contributed by atoms with Crippen molar-refractivity contribution in [1.29, 1.82) is 0 Å². The summed E-state index contributed by atoms with van der Waals surface area (Å²) in [6.07, 6.45) is 4.19. The molecule has 0 spiro atoms. The first-order chi connectivity index (χ1) is 5.07. The van der Waals surface area contributed by atoms with Crippen LogP contribution in [0.4, 0.5) is 0 Å². The third kappa shape index (κ3) is 3.97. The number of allylic oxidation sites excluding steroid dienone is 3. The Balaban J connectivity index is 4.50. The van der Waals surface area contributed by atoms with Gasteiger partial charge in [-0.1, -0.05) is 12.7 Å². The Morgan fingerprint density at radius 1 is 1.55 bits per heavy atom. The van der Waals surface area contributed by atoms with Gasteiger partial charge in [0.2, 0.25) is 0 Å². The average molecular weight is 153 g/mol. The first-order valence-corrected chi connectivity index (χ1v) is 3.07. The Hall–Kier alpha value is -1.51. The van der Waals surface area contributed by atoms with Gasteiger partial charge in [-0.15, -0.1) is 0 Å². The third-order valence-corrected chi connectivity index (χ3v) is 0.993. The highest BCUT2D eigenvalue weighted by atomic mass is 16.4. The number of rotatable bonds is 3. The van der Waals surface area contributed by atoms with Gasteiger partial charge in [0, 0.05) is 5.70 Å². The minimum atomic E-state index is -1.00. The molecule has 0 rings (SSSR count). The number of nitrogens with two attached hydrogens (primary N) is 1. The minimum Gasteiger partial charge on any atom is -0.478 e. The van der Waals surface area contributed by atoms with E-state index in [9.17, 15) is 4.79 Å². The van der Waals surface area contributed by atoms with Crippen LogP contribution < -0.4 is 5.73 Å². The second-order valence-electron chi connectivity index (χ2n) is 2.04. The summed E-state index contributed by atoms with van der Waals surface area (Å²) in [5.41, 5.74) is 5.98. The second kappa shape index (κ2) is 4.33. The van der Waals surface area contributed by atoms with Crippen LogP contribution in [0.25, 0.3) is 0 Å². The molecule has 3 heteroatoms. The van der Waals surface area contributed by atoms with E-state index >= 15 is 0 Å². The van der Waals surface area contributed by atoms with Crippen LogP contribution in [-0.4, -0.2) is 11.1 Å². The molecule has 3 nitrogen and oxygen atoms in total. The van der Waals surface area contributed by atoms with E-state index in [4.69, 9.17) is 10.8 Å². The molecule has 0 aliphatic carbocycles. The Labute approximate surface area is 65.5 Å². The van der Waals surface area contributed by atoms with Crippen LogP contribution in [-0.2, 0) is 4.79 Å². The van der Waals surface area contributed by atoms with E-state index in [1.807, 2.05) is 0 Å². The molecule has 60 valence electrons. The maximum absolute atomic E-state index is 10.3. The lowest BCUT2D eigenvalue weighted by Gasteiger charge is -1.90. The summed E-state index contributed by atoms with van der Waals surface area (Å²) in [7, 11) is 0. The molecular formula is C8H11NO2. The van der Waals surface area contributed by atoms with Crippen LogP contribution in [0.3, 0.4) is 0 Å². The molecule has 0 unspecified atom stereocenters. The van der Waals surface area contributed by atoms with Crippen molar-refractivity contribution >= 4 is 5.97 Å². The molecule has 11 heavy (non-hydrogen) atoms. The van der Waals surface area contributed by atoms with E-state index in [-0.39, 0.29) is 5.57 Å². The van der Waals surface area contributed by atoms with E-state index in [0.717, 1.165) is 0 Å². The molecule has 0 amide bonds. The zero-order chi connectivity index (χ0) is 8.85. The van der Waals surface area contributed by atoms with Crippen LogP contribution in [0.1, 0.15) is 6.92 Å². The Morgan fingerprint density at radius 3 is 2.36 bits per heavy atom. The molecule has 0 heterocycles. The van der Waals surface area contributed by atoms with E-state index in [1.165, 1.54) is 18.2 Å². The van der Waals surface area contributed by atoms with Gasteiger partial charge in [0.05, 0.1) is 5.57 Å².